The molecule has 30 heavy (non-hydrogen) atoms. The van der Waals surface area contributed by atoms with Gasteiger partial charge in [-0.25, -0.2) is 0 Å². The second kappa shape index (κ2) is 10.4. The topological polar surface area (TPSA) is 43.4 Å². The van der Waals surface area contributed by atoms with E-state index in [4.69, 9.17) is 16.3 Å². The maximum Gasteiger partial charge on any atom is 0.416 e. The van der Waals surface area contributed by atoms with Gasteiger partial charge in [-0.1, -0.05) is 35.5 Å². The van der Waals surface area contributed by atoms with E-state index in [0.29, 0.717) is 40.4 Å². The van der Waals surface area contributed by atoms with Crippen LogP contribution in [-0.4, -0.2) is 18.9 Å². The van der Waals surface area contributed by atoms with Crippen LogP contribution in [0.15, 0.2) is 52.3 Å². The summed E-state index contributed by atoms with van der Waals surface area (Å²) in [6, 6.07) is 10.4. The molecule has 1 atom stereocenters. The Morgan fingerprint density at radius 2 is 1.87 bits per heavy atom. The van der Waals surface area contributed by atoms with Gasteiger partial charge in [0.2, 0.25) is 0 Å². The molecule has 0 saturated carbocycles. The molecule has 1 unspecified atom stereocenters. The van der Waals surface area contributed by atoms with Crippen molar-refractivity contribution < 1.29 is 27.5 Å². The SMILES string of the molecule is CCOC(=O)C(C)(C=O)CCCc1ccc(Sc2cccc(C(F)(F)F)c2)cc1Cl. The highest BCUT2D eigenvalue weighted by molar-refractivity contribution is 7.99. The van der Waals surface area contributed by atoms with Crippen LogP contribution in [0.5, 0.6) is 0 Å². The quantitative estimate of drug-likeness (QED) is 0.241. The van der Waals surface area contributed by atoms with Crippen molar-refractivity contribution in [2.24, 2.45) is 5.41 Å². The third-order valence-corrected chi connectivity index (χ3v) is 5.90. The van der Waals surface area contributed by atoms with E-state index in [1.807, 2.05) is 0 Å². The van der Waals surface area contributed by atoms with Gasteiger partial charge in [-0.15, -0.1) is 0 Å². The van der Waals surface area contributed by atoms with Crippen LogP contribution in [0.2, 0.25) is 5.02 Å². The Bertz CT molecular complexity index is 901. The summed E-state index contributed by atoms with van der Waals surface area (Å²) in [5.74, 6) is -0.543. The predicted molar refractivity (Wildman–Crippen MR) is 111 cm³/mol. The molecule has 2 rings (SSSR count). The largest absolute Gasteiger partial charge is 0.465 e. The minimum atomic E-state index is -4.39. The van der Waals surface area contributed by atoms with Gasteiger partial charge in [0.15, 0.2) is 0 Å². The van der Waals surface area contributed by atoms with Crippen molar-refractivity contribution in [2.75, 3.05) is 6.61 Å². The Balaban J connectivity index is 2.02. The first-order valence-electron chi connectivity index (χ1n) is 9.36. The van der Waals surface area contributed by atoms with Gasteiger partial charge in [0.25, 0.3) is 0 Å². The zero-order valence-corrected chi connectivity index (χ0v) is 18.2. The van der Waals surface area contributed by atoms with Crippen LogP contribution in [0, 0.1) is 5.41 Å². The monoisotopic (exact) mass is 458 g/mol. The summed E-state index contributed by atoms with van der Waals surface area (Å²) in [7, 11) is 0. The Labute approximate surface area is 182 Å². The Morgan fingerprint density at radius 3 is 2.47 bits per heavy atom. The molecule has 0 aliphatic heterocycles. The van der Waals surface area contributed by atoms with Crippen molar-refractivity contribution in [3.63, 3.8) is 0 Å². The molecular weight excluding hydrogens is 437 g/mol. The number of carbonyl (C=O) groups excluding carboxylic acids is 2. The minimum Gasteiger partial charge on any atom is -0.465 e. The van der Waals surface area contributed by atoms with Gasteiger partial charge in [0, 0.05) is 14.8 Å². The molecule has 0 N–H and O–H groups in total. The van der Waals surface area contributed by atoms with E-state index in [1.165, 1.54) is 17.8 Å². The number of aryl methyl sites for hydroxylation is 1. The third kappa shape index (κ3) is 6.51. The second-order valence-electron chi connectivity index (χ2n) is 6.99. The maximum absolute atomic E-state index is 12.9. The zero-order chi connectivity index (χ0) is 22.4. The molecule has 0 amide bonds. The molecule has 2 aromatic rings. The number of alkyl halides is 3. The van der Waals surface area contributed by atoms with Crippen molar-refractivity contribution in [3.8, 4) is 0 Å². The molecule has 0 aromatic heterocycles. The van der Waals surface area contributed by atoms with Gasteiger partial charge in [-0.05, 0) is 69.0 Å². The van der Waals surface area contributed by atoms with E-state index in [0.717, 1.165) is 17.7 Å². The molecule has 2 aromatic carbocycles. The molecule has 0 aliphatic rings. The van der Waals surface area contributed by atoms with E-state index in [9.17, 15) is 22.8 Å². The number of aldehydes is 1. The van der Waals surface area contributed by atoms with Gasteiger partial charge in [0.05, 0.1) is 12.2 Å². The van der Waals surface area contributed by atoms with E-state index in [2.05, 4.69) is 0 Å². The zero-order valence-electron chi connectivity index (χ0n) is 16.6. The van der Waals surface area contributed by atoms with Crippen molar-refractivity contribution in [1.29, 1.82) is 0 Å². The Morgan fingerprint density at radius 1 is 1.17 bits per heavy atom. The highest BCUT2D eigenvalue weighted by Crippen LogP contribution is 2.36. The number of benzene rings is 2. The summed E-state index contributed by atoms with van der Waals surface area (Å²) in [5.41, 5.74) is -1.06. The molecule has 0 saturated heterocycles. The highest BCUT2D eigenvalue weighted by atomic mass is 35.5. The van der Waals surface area contributed by atoms with Crippen LogP contribution in [0.3, 0.4) is 0 Å². The van der Waals surface area contributed by atoms with Crippen molar-refractivity contribution in [1.82, 2.24) is 0 Å². The van der Waals surface area contributed by atoms with Gasteiger partial charge >= 0.3 is 12.1 Å². The molecule has 0 bridgehead atoms. The maximum atomic E-state index is 12.9. The number of carbonyl (C=O) groups is 2. The normalized spacial score (nSPS) is 13.5. The van der Waals surface area contributed by atoms with Gasteiger partial charge in [0.1, 0.15) is 11.7 Å². The average molecular weight is 459 g/mol. The predicted octanol–water partition coefficient (Wildman–Crippen LogP) is 6.60. The minimum absolute atomic E-state index is 0.207. The van der Waals surface area contributed by atoms with Crippen molar-refractivity contribution >= 4 is 35.6 Å². The fraction of sp³-hybridized carbons (Fsp3) is 0.364. The molecule has 0 fully saturated rings. The molecule has 0 heterocycles. The summed E-state index contributed by atoms with van der Waals surface area (Å²) < 4.78 is 43.5. The molecule has 0 aliphatic carbocycles. The molecular formula is C22H22ClF3O3S. The summed E-state index contributed by atoms with van der Waals surface area (Å²) in [5, 5.41) is 0.482. The van der Waals surface area contributed by atoms with Gasteiger partial charge in [-0.3, -0.25) is 4.79 Å². The number of hydrogen-bond donors (Lipinski definition) is 0. The van der Waals surface area contributed by atoms with Gasteiger partial charge < -0.3 is 9.53 Å². The standard InChI is InChI=1S/C22H22ClF3O3S/c1-3-29-20(28)21(2,14-27)11-5-6-15-9-10-18(13-19(15)23)30-17-8-4-7-16(12-17)22(24,25)26/h4,7-10,12-14H,3,5-6,11H2,1-2H3. The lowest BCUT2D eigenvalue weighted by molar-refractivity contribution is -0.156. The lowest BCUT2D eigenvalue weighted by Gasteiger charge is -2.20. The second-order valence-corrected chi connectivity index (χ2v) is 8.54. The summed E-state index contributed by atoms with van der Waals surface area (Å²) in [6.07, 6.45) is -2.35. The Kier molecular flexibility index (Phi) is 8.38. The fourth-order valence-electron chi connectivity index (χ4n) is 2.82. The van der Waals surface area contributed by atoms with Crippen LogP contribution >= 0.6 is 23.4 Å². The molecule has 162 valence electrons. The molecule has 8 heteroatoms. The number of esters is 1. The Hall–Kier alpha value is -1.99. The van der Waals surface area contributed by atoms with Crippen LogP contribution < -0.4 is 0 Å². The van der Waals surface area contributed by atoms with Crippen LogP contribution in [-0.2, 0) is 26.9 Å². The number of hydrogen-bond acceptors (Lipinski definition) is 4. The van der Waals surface area contributed by atoms with Crippen LogP contribution in [0.4, 0.5) is 13.2 Å². The van der Waals surface area contributed by atoms with E-state index in [-0.39, 0.29) is 6.61 Å². The first-order chi connectivity index (χ1) is 14.1. The van der Waals surface area contributed by atoms with E-state index in [1.54, 1.807) is 38.1 Å². The number of rotatable bonds is 9. The molecule has 0 spiro atoms. The third-order valence-electron chi connectivity index (χ3n) is 4.57. The van der Waals surface area contributed by atoms with Crippen molar-refractivity contribution in [2.45, 2.75) is 49.1 Å². The average Bonchev–Trinajstić information content (AvgIpc) is 2.69. The molecule has 3 nitrogen and oxygen atoms in total. The van der Waals surface area contributed by atoms with Crippen LogP contribution in [0.25, 0.3) is 0 Å². The molecule has 0 radical (unpaired) electrons. The van der Waals surface area contributed by atoms with Crippen molar-refractivity contribution in [3.05, 3.63) is 58.6 Å². The van der Waals surface area contributed by atoms with Crippen LogP contribution in [0.1, 0.15) is 37.8 Å². The van der Waals surface area contributed by atoms with E-state index < -0.39 is 23.1 Å². The first-order valence-corrected chi connectivity index (χ1v) is 10.6. The first kappa shape index (κ1) is 24.3. The van der Waals surface area contributed by atoms with E-state index >= 15 is 0 Å². The summed E-state index contributed by atoms with van der Waals surface area (Å²) >= 11 is 7.53. The fourth-order valence-corrected chi connectivity index (χ4v) is 4.07. The van der Waals surface area contributed by atoms with Gasteiger partial charge in [-0.2, -0.15) is 13.2 Å². The highest BCUT2D eigenvalue weighted by Gasteiger charge is 2.34. The smallest absolute Gasteiger partial charge is 0.416 e. The lowest BCUT2D eigenvalue weighted by atomic mass is 9.86. The lowest BCUT2D eigenvalue weighted by Crippen LogP contribution is -2.31. The number of halogens is 4. The summed E-state index contributed by atoms with van der Waals surface area (Å²) in [6.45, 7) is 3.44. The summed E-state index contributed by atoms with van der Waals surface area (Å²) in [4.78, 5) is 24.5. The number of ether oxygens (including phenoxy) is 1.